The van der Waals surface area contributed by atoms with E-state index < -0.39 is 31.7 Å². The number of benzene rings is 4. The van der Waals surface area contributed by atoms with Crippen LogP contribution in [0, 0.1) is 34.3 Å². The summed E-state index contributed by atoms with van der Waals surface area (Å²) in [5.74, 6) is -1.25. The van der Waals surface area contributed by atoms with Crippen LogP contribution in [0.5, 0.6) is 0 Å². The van der Waals surface area contributed by atoms with E-state index in [1.165, 1.54) is 67.7 Å². The smallest absolute Gasteiger partial charge is 0.244 e. The molecule has 2 aromatic heterocycles. The third kappa shape index (κ3) is 10.6. The Kier molecular flexibility index (Phi) is 14.2. The molecule has 2 saturated heterocycles. The number of nitriles is 2. The number of aromatic nitrogens is 2. The van der Waals surface area contributed by atoms with Crippen molar-refractivity contribution in [3.8, 4) is 12.1 Å². The number of hydrogen-bond acceptors (Lipinski definition) is 12. The minimum absolute atomic E-state index is 0.0183. The highest BCUT2D eigenvalue weighted by Crippen LogP contribution is 2.29. The van der Waals surface area contributed by atoms with Gasteiger partial charge < -0.3 is 9.80 Å². The van der Waals surface area contributed by atoms with Crippen LogP contribution in [0.15, 0.2) is 105 Å². The largest absolute Gasteiger partial charge is 0.345 e. The van der Waals surface area contributed by atoms with E-state index in [1.54, 1.807) is 30.3 Å². The molecule has 2 aliphatic heterocycles. The van der Waals surface area contributed by atoms with Gasteiger partial charge in [-0.1, -0.05) is 47.5 Å². The minimum atomic E-state index is -3.76. The molecule has 2 fully saturated rings. The molecule has 0 bridgehead atoms. The van der Waals surface area contributed by atoms with Gasteiger partial charge >= 0.3 is 0 Å². The number of nitrogens with zero attached hydrogens (tertiary/aromatic N) is 8. The molecule has 0 aliphatic carbocycles. The molecule has 0 unspecified atom stereocenters. The van der Waals surface area contributed by atoms with Gasteiger partial charge in [0.15, 0.2) is 10.3 Å². The quantitative estimate of drug-likeness (QED) is 0.133. The summed E-state index contributed by atoms with van der Waals surface area (Å²) in [5, 5.41) is 25.1. The SMILES string of the molecule is N#Cc1ccccc1S(=O)(=O)N1CCN(c2nc(Cc3cc(Cl)cc(Cl)c3)cs2)CC1.N#Cc1ccccc1S(=O)(=O)N1CCN(c2nc(Cc3cc(F)cc(F)c3)cs2)CC1. The van der Waals surface area contributed by atoms with Crippen LogP contribution in [0.3, 0.4) is 0 Å². The second-order valence-electron chi connectivity index (χ2n) is 14.1. The van der Waals surface area contributed by atoms with Crippen molar-refractivity contribution >= 4 is 76.2 Å². The van der Waals surface area contributed by atoms with E-state index in [1.807, 2.05) is 39.9 Å². The molecule has 62 heavy (non-hydrogen) atoms. The molecular weight excluding hydrogens is 918 g/mol. The molecule has 320 valence electrons. The fraction of sp³-hybridized carbons (Fsp3) is 0.238. The summed E-state index contributed by atoms with van der Waals surface area (Å²) in [6.07, 6.45) is 0.931. The highest BCUT2D eigenvalue weighted by Gasteiger charge is 2.32. The lowest BCUT2D eigenvalue weighted by Crippen LogP contribution is -2.48. The number of anilines is 2. The van der Waals surface area contributed by atoms with E-state index in [4.69, 9.17) is 28.2 Å². The molecule has 8 rings (SSSR count). The van der Waals surface area contributed by atoms with Crippen LogP contribution in [-0.4, -0.2) is 87.8 Å². The summed E-state index contributed by atoms with van der Waals surface area (Å²) < 4.78 is 81.5. The summed E-state index contributed by atoms with van der Waals surface area (Å²) in [7, 11) is -7.47. The van der Waals surface area contributed by atoms with Gasteiger partial charge in [-0.2, -0.15) is 19.1 Å². The number of halogens is 4. The highest BCUT2D eigenvalue weighted by atomic mass is 35.5. The van der Waals surface area contributed by atoms with Gasteiger partial charge in [0.25, 0.3) is 0 Å². The number of piperazine rings is 2. The van der Waals surface area contributed by atoms with Crippen molar-refractivity contribution in [1.82, 2.24) is 18.6 Å². The van der Waals surface area contributed by atoms with Gasteiger partial charge in [0.2, 0.25) is 20.0 Å². The van der Waals surface area contributed by atoms with Crippen molar-refractivity contribution in [3.63, 3.8) is 0 Å². The molecule has 4 heterocycles. The molecule has 6 aromatic rings. The Morgan fingerprint density at radius 1 is 0.581 bits per heavy atom. The van der Waals surface area contributed by atoms with Crippen molar-refractivity contribution in [1.29, 1.82) is 10.5 Å². The fourth-order valence-electron chi connectivity index (χ4n) is 6.98. The van der Waals surface area contributed by atoms with Crippen LogP contribution >= 0.6 is 45.9 Å². The summed E-state index contributed by atoms with van der Waals surface area (Å²) in [6, 6.07) is 25.2. The van der Waals surface area contributed by atoms with Crippen LogP contribution in [0.25, 0.3) is 0 Å². The molecule has 0 amide bonds. The zero-order valence-electron chi connectivity index (χ0n) is 32.7. The van der Waals surface area contributed by atoms with E-state index in [0.29, 0.717) is 73.4 Å². The molecule has 4 aromatic carbocycles. The Hall–Kier alpha value is -5.02. The van der Waals surface area contributed by atoms with Crippen molar-refractivity contribution in [2.24, 2.45) is 0 Å². The van der Waals surface area contributed by atoms with Gasteiger partial charge in [-0.3, -0.25) is 0 Å². The van der Waals surface area contributed by atoms with E-state index in [2.05, 4.69) is 9.88 Å². The van der Waals surface area contributed by atoms with Gasteiger partial charge in [0.05, 0.1) is 32.3 Å². The van der Waals surface area contributed by atoms with E-state index in [-0.39, 0.29) is 34.0 Å². The average molecular weight is 954 g/mol. The Morgan fingerprint density at radius 3 is 1.37 bits per heavy atom. The molecule has 0 spiro atoms. The van der Waals surface area contributed by atoms with Crippen molar-refractivity contribution in [3.05, 3.63) is 151 Å². The van der Waals surface area contributed by atoms with E-state index in [9.17, 15) is 36.1 Å². The first kappa shape index (κ1) is 45.0. The average Bonchev–Trinajstić information content (AvgIpc) is 3.93. The number of hydrogen-bond donors (Lipinski definition) is 0. The summed E-state index contributed by atoms with van der Waals surface area (Å²) >= 11 is 15.1. The standard InChI is InChI=1S/C21H18Cl2N4O2S2.C21H18F2N4O2S2/c2*22-17-9-15(10-18(23)12-17)11-19-14-30-21(25-19)26-5-7-27(8-6-26)31(28,29)20-4-2-1-3-16(20)13-24/h2*1-4,9-10,12,14H,5-8,11H2. The van der Waals surface area contributed by atoms with E-state index >= 15 is 0 Å². The number of thiazole rings is 2. The lowest BCUT2D eigenvalue weighted by Gasteiger charge is -2.33. The van der Waals surface area contributed by atoms with Crippen molar-refractivity contribution in [2.75, 3.05) is 62.2 Å². The molecule has 2 aliphatic rings. The Morgan fingerprint density at radius 2 is 0.968 bits per heavy atom. The first-order valence-electron chi connectivity index (χ1n) is 19.0. The maximum Gasteiger partial charge on any atom is 0.244 e. The van der Waals surface area contributed by atoms with Crippen LogP contribution in [0.1, 0.15) is 33.6 Å². The second kappa shape index (κ2) is 19.6. The Bertz CT molecular complexity index is 2650. The Labute approximate surface area is 376 Å². The van der Waals surface area contributed by atoms with Gasteiger partial charge in [-0.25, -0.2) is 35.6 Å². The van der Waals surface area contributed by atoms with Gasteiger partial charge in [0, 0.05) is 92.1 Å². The van der Waals surface area contributed by atoms with E-state index in [0.717, 1.165) is 27.6 Å². The predicted octanol–water partition coefficient (Wildman–Crippen LogP) is 7.82. The van der Waals surface area contributed by atoms with Crippen LogP contribution in [0.4, 0.5) is 19.0 Å². The third-order valence-corrected chi connectivity index (χ3v) is 16.2. The maximum absolute atomic E-state index is 13.4. The van der Waals surface area contributed by atoms with Crippen molar-refractivity contribution < 1.29 is 25.6 Å². The van der Waals surface area contributed by atoms with Crippen LogP contribution in [0.2, 0.25) is 10.0 Å². The van der Waals surface area contributed by atoms with Crippen LogP contribution in [-0.2, 0) is 32.9 Å². The monoisotopic (exact) mass is 952 g/mol. The summed E-state index contributed by atoms with van der Waals surface area (Å²) in [4.78, 5) is 13.4. The van der Waals surface area contributed by atoms with Crippen molar-refractivity contribution in [2.45, 2.75) is 22.6 Å². The molecule has 0 radical (unpaired) electrons. The van der Waals surface area contributed by atoms with Gasteiger partial charge in [-0.05, 0) is 65.7 Å². The zero-order valence-corrected chi connectivity index (χ0v) is 37.4. The lowest BCUT2D eigenvalue weighted by atomic mass is 10.1. The zero-order chi connectivity index (χ0) is 44.0. The first-order valence-corrected chi connectivity index (χ1v) is 24.4. The lowest BCUT2D eigenvalue weighted by molar-refractivity contribution is 0.384. The summed E-state index contributed by atoms with van der Waals surface area (Å²) in [6.45, 7) is 3.18. The van der Waals surface area contributed by atoms with Crippen LogP contribution < -0.4 is 9.80 Å². The number of sulfonamides is 2. The fourth-order valence-corrected chi connectivity index (χ4v) is 12.4. The normalized spacial score (nSPS) is 15.1. The molecule has 20 heteroatoms. The number of rotatable bonds is 10. The van der Waals surface area contributed by atoms with Gasteiger partial charge in [-0.15, -0.1) is 22.7 Å². The molecule has 12 nitrogen and oxygen atoms in total. The molecular formula is C42H36Cl2F2N8O4S4. The second-order valence-corrected chi connectivity index (χ2v) is 20.5. The minimum Gasteiger partial charge on any atom is -0.345 e. The first-order chi connectivity index (χ1) is 29.7. The topological polar surface area (TPSA) is 155 Å². The molecule has 0 N–H and O–H groups in total. The Balaban J connectivity index is 0.000000186. The maximum atomic E-state index is 13.4. The highest BCUT2D eigenvalue weighted by molar-refractivity contribution is 7.89. The molecule has 0 atom stereocenters. The molecule has 0 saturated carbocycles. The third-order valence-electron chi connectivity index (χ3n) is 9.96. The predicted molar refractivity (Wildman–Crippen MR) is 237 cm³/mol. The van der Waals surface area contributed by atoms with Gasteiger partial charge in [0.1, 0.15) is 23.8 Å². The summed E-state index contributed by atoms with van der Waals surface area (Å²) in [5.41, 5.74) is 3.39.